The number of carbonyl (C=O) groups is 2. The van der Waals surface area contributed by atoms with E-state index in [9.17, 15) is 14.7 Å². The zero-order chi connectivity index (χ0) is 16.9. The zero-order valence-electron chi connectivity index (χ0n) is 14.4. The fourth-order valence-electron chi connectivity index (χ4n) is 3.00. The van der Waals surface area contributed by atoms with Gasteiger partial charge in [0.15, 0.2) is 0 Å². The molecule has 0 aromatic rings. The minimum absolute atomic E-state index is 0.0137. The number of nitrogens with zero attached hydrogens (tertiary/aromatic N) is 2. The van der Waals surface area contributed by atoms with Crippen molar-refractivity contribution < 1.29 is 19.4 Å². The van der Waals surface area contributed by atoms with Crippen LogP contribution in [0.1, 0.15) is 40.0 Å². The third-order valence-electron chi connectivity index (χ3n) is 4.72. The quantitative estimate of drug-likeness (QED) is 0.675. The van der Waals surface area contributed by atoms with E-state index in [1.807, 2.05) is 20.8 Å². The van der Waals surface area contributed by atoms with Crippen LogP contribution in [-0.4, -0.2) is 72.2 Å². The van der Waals surface area contributed by atoms with Crippen LogP contribution in [-0.2, 0) is 14.3 Å². The summed E-state index contributed by atoms with van der Waals surface area (Å²) < 4.78 is 5.40. The number of aliphatic hydroxyl groups is 1. The van der Waals surface area contributed by atoms with Crippen LogP contribution in [0.5, 0.6) is 0 Å². The maximum Gasteiger partial charge on any atom is 0.225 e. The van der Waals surface area contributed by atoms with Crippen molar-refractivity contribution in [1.29, 1.82) is 0 Å². The third kappa shape index (κ3) is 4.43. The number of aliphatic hydroxyl groups excluding tert-OH is 1. The molecule has 0 aliphatic carbocycles. The molecule has 1 heterocycles. The molecular formula is C16H30N2O4. The second kappa shape index (κ2) is 8.48. The summed E-state index contributed by atoms with van der Waals surface area (Å²) in [5.41, 5.74) is 0. The molecule has 4 unspecified atom stereocenters. The first-order valence-corrected chi connectivity index (χ1v) is 8.01. The number of carbonyl (C=O) groups excluding carboxylic acids is 2. The van der Waals surface area contributed by atoms with Crippen molar-refractivity contribution in [3.05, 3.63) is 0 Å². The third-order valence-corrected chi connectivity index (χ3v) is 4.72. The number of hydrogen-bond donors (Lipinski definition) is 1. The SMILES string of the molecule is COC(CC(=O)N1CCCC1C(O)C(C)C)C(C)N(C)C=O. The van der Waals surface area contributed by atoms with Gasteiger partial charge in [0.2, 0.25) is 12.3 Å². The van der Waals surface area contributed by atoms with Gasteiger partial charge in [0.25, 0.3) is 0 Å². The predicted molar refractivity (Wildman–Crippen MR) is 84.3 cm³/mol. The molecule has 1 aliphatic rings. The lowest BCUT2D eigenvalue weighted by Crippen LogP contribution is -2.48. The molecule has 0 aromatic heterocycles. The number of amides is 2. The Morgan fingerprint density at radius 2 is 2.09 bits per heavy atom. The summed E-state index contributed by atoms with van der Waals surface area (Å²) in [6, 6.07) is -0.286. The largest absolute Gasteiger partial charge is 0.391 e. The van der Waals surface area contributed by atoms with E-state index in [1.54, 1.807) is 19.1 Å². The molecule has 6 nitrogen and oxygen atoms in total. The van der Waals surface area contributed by atoms with Crippen LogP contribution < -0.4 is 0 Å². The highest BCUT2D eigenvalue weighted by molar-refractivity contribution is 5.77. The van der Waals surface area contributed by atoms with E-state index < -0.39 is 6.10 Å². The summed E-state index contributed by atoms with van der Waals surface area (Å²) in [5.74, 6) is 0.108. The number of methoxy groups -OCH3 is 1. The van der Waals surface area contributed by atoms with Gasteiger partial charge in [-0.2, -0.15) is 0 Å². The first kappa shape index (κ1) is 18.9. The molecule has 22 heavy (non-hydrogen) atoms. The topological polar surface area (TPSA) is 70.1 Å². The highest BCUT2D eigenvalue weighted by atomic mass is 16.5. The van der Waals surface area contributed by atoms with Gasteiger partial charge in [-0.1, -0.05) is 13.8 Å². The average Bonchev–Trinajstić information content (AvgIpc) is 2.99. The molecule has 128 valence electrons. The summed E-state index contributed by atoms with van der Waals surface area (Å²) in [5, 5.41) is 10.3. The second-order valence-corrected chi connectivity index (χ2v) is 6.52. The van der Waals surface area contributed by atoms with E-state index in [2.05, 4.69) is 0 Å². The van der Waals surface area contributed by atoms with Crippen LogP contribution in [0.4, 0.5) is 0 Å². The summed E-state index contributed by atoms with van der Waals surface area (Å²) >= 11 is 0. The molecule has 1 aliphatic heterocycles. The Kier molecular flexibility index (Phi) is 7.29. The minimum atomic E-state index is -0.498. The normalized spacial score (nSPS) is 22.5. The average molecular weight is 314 g/mol. The van der Waals surface area contributed by atoms with Crippen molar-refractivity contribution in [1.82, 2.24) is 9.80 Å². The number of likely N-dealkylation sites (N-methyl/N-ethyl adjacent to an activating group) is 1. The van der Waals surface area contributed by atoms with Gasteiger partial charge in [-0.15, -0.1) is 0 Å². The van der Waals surface area contributed by atoms with E-state index in [0.717, 1.165) is 19.3 Å². The maximum absolute atomic E-state index is 12.6. The fourth-order valence-corrected chi connectivity index (χ4v) is 3.00. The number of hydrogen-bond acceptors (Lipinski definition) is 4. The second-order valence-electron chi connectivity index (χ2n) is 6.52. The minimum Gasteiger partial charge on any atom is -0.391 e. The van der Waals surface area contributed by atoms with Crippen molar-refractivity contribution in [2.45, 2.75) is 64.3 Å². The summed E-state index contributed by atoms with van der Waals surface area (Å²) in [6.07, 6.45) is 1.87. The summed E-state index contributed by atoms with van der Waals surface area (Å²) in [4.78, 5) is 26.8. The number of ether oxygens (including phenoxy) is 1. The van der Waals surface area contributed by atoms with E-state index >= 15 is 0 Å². The Morgan fingerprint density at radius 1 is 1.45 bits per heavy atom. The standard InChI is InChI=1S/C16H30N2O4/c1-11(2)16(21)13-7-6-8-18(13)15(20)9-14(22-5)12(3)17(4)10-19/h10-14,16,21H,6-9H2,1-5H3. The molecule has 0 bridgehead atoms. The first-order valence-electron chi connectivity index (χ1n) is 8.01. The molecular weight excluding hydrogens is 284 g/mol. The Hall–Kier alpha value is -1.14. The molecule has 4 atom stereocenters. The number of likely N-dealkylation sites (tertiary alicyclic amines) is 1. The molecule has 0 spiro atoms. The van der Waals surface area contributed by atoms with Gasteiger partial charge in [0.05, 0.1) is 30.7 Å². The molecule has 6 heteroatoms. The van der Waals surface area contributed by atoms with Gasteiger partial charge < -0.3 is 19.6 Å². The van der Waals surface area contributed by atoms with Gasteiger partial charge >= 0.3 is 0 Å². The van der Waals surface area contributed by atoms with Crippen molar-refractivity contribution in [3.8, 4) is 0 Å². The van der Waals surface area contributed by atoms with Crippen molar-refractivity contribution in [3.63, 3.8) is 0 Å². The van der Waals surface area contributed by atoms with Crippen LogP contribution in [0, 0.1) is 5.92 Å². The van der Waals surface area contributed by atoms with Crippen LogP contribution in [0.3, 0.4) is 0 Å². The molecule has 1 saturated heterocycles. The lowest BCUT2D eigenvalue weighted by molar-refractivity contribution is -0.139. The smallest absolute Gasteiger partial charge is 0.225 e. The lowest BCUT2D eigenvalue weighted by atomic mass is 9.97. The van der Waals surface area contributed by atoms with Crippen LogP contribution in [0.15, 0.2) is 0 Å². The molecule has 1 fully saturated rings. The number of rotatable bonds is 8. The van der Waals surface area contributed by atoms with Gasteiger partial charge in [-0.05, 0) is 25.7 Å². The molecule has 2 amide bonds. The summed E-state index contributed by atoms with van der Waals surface area (Å²) in [6.45, 7) is 6.47. The maximum atomic E-state index is 12.6. The first-order chi connectivity index (χ1) is 10.3. The van der Waals surface area contributed by atoms with E-state index in [4.69, 9.17) is 4.74 Å². The highest BCUT2D eigenvalue weighted by Gasteiger charge is 2.36. The Balaban J connectivity index is 2.71. The fraction of sp³-hybridized carbons (Fsp3) is 0.875. The van der Waals surface area contributed by atoms with Crippen LogP contribution >= 0.6 is 0 Å². The van der Waals surface area contributed by atoms with Gasteiger partial charge in [0.1, 0.15) is 0 Å². The lowest BCUT2D eigenvalue weighted by Gasteiger charge is -2.33. The van der Waals surface area contributed by atoms with E-state index in [-0.39, 0.29) is 36.4 Å². The molecule has 0 saturated carbocycles. The predicted octanol–water partition coefficient (Wildman–Crippen LogP) is 0.876. The van der Waals surface area contributed by atoms with Gasteiger partial charge in [-0.3, -0.25) is 9.59 Å². The van der Waals surface area contributed by atoms with Gasteiger partial charge in [-0.25, -0.2) is 0 Å². The van der Waals surface area contributed by atoms with E-state index in [0.29, 0.717) is 6.54 Å². The molecule has 0 radical (unpaired) electrons. The Labute approximate surface area is 133 Å². The van der Waals surface area contributed by atoms with Gasteiger partial charge in [0, 0.05) is 20.7 Å². The van der Waals surface area contributed by atoms with Crippen molar-refractivity contribution in [2.24, 2.45) is 5.92 Å². The summed E-state index contributed by atoms with van der Waals surface area (Å²) in [7, 11) is 3.23. The van der Waals surface area contributed by atoms with Crippen molar-refractivity contribution in [2.75, 3.05) is 20.7 Å². The Bertz CT molecular complexity index is 375. The Morgan fingerprint density at radius 3 is 2.59 bits per heavy atom. The van der Waals surface area contributed by atoms with Crippen molar-refractivity contribution >= 4 is 12.3 Å². The molecule has 1 rings (SSSR count). The molecule has 1 N–H and O–H groups in total. The zero-order valence-corrected chi connectivity index (χ0v) is 14.4. The molecule has 0 aromatic carbocycles. The van der Waals surface area contributed by atoms with E-state index in [1.165, 1.54) is 4.90 Å². The van der Waals surface area contributed by atoms with Crippen LogP contribution in [0.2, 0.25) is 0 Å². The van der Waals surface area contributed by atoms with Crippen LogP contribution in [0.25, 0.3) is 0 Å². The highest BCUT2D eigenvalue weighted by Crippen LogP contribution is 2.25. The monoisotopic (exact) mass is 314 g/mol.